The first-order valence-corrected chi connectivity index (χ1v) is 7.63. The number of hydrogen-bond acceptors (Lipinski definition) is 4. The van der Waals surface area contributed by atoms with Crippen LogP contribution in [0.3, 0.4) is 0 Å². The van der Waals surface area contributed by atoms with E-state index in [4.69, 9.17) is 4.74 Å². The minimum Gasteiger partial charge on any atom is -0.507 e. The second kappa shape index (κ2) is 7.54. The van der Waals surface area contributed by atoms with E-state index < -0.39 is 0 Å². The van der Waals surface area contributed by atoms with E-state index in [-0.39, 0.29) is 11.8 Å². The summed E-state index contributed by atoms with van der Waals surface area (Å²) in [6, 6.07) is 6.05. The molecule has 18 heavy (non-hydrogen) atoms. The number of methoxy groups -OCH3 is 1. The highest BCUT2D eigenvalue weighted by molar-refractivity contribution is 7.98. The van der Waals surface area contributed by atoms with E-state index >= 15 is 0 Å². The number of aromatic hydroxyl groups is 1. The van der Waals surface area contributed by atoms with Crippen molar-refractivity contribution in [1.82, 2.24) is 5.32 Å². The molecule has 0 heterocycles. The van der Waals surface area contributed by atoms with Crippen LogP contribution in [-0.4, -0.2) is 30.3 Å². The van der Waals surface area contributed by atoms with Gasteiger partial charge in [0.2, 0.25) is 0 Å². The quantitative estimate of drug-likeness (QED) is 0.797. The second-order valence-electron chi connectivity index (χ2n) is 4.37. The molecule has 0 saturated heterocycles. The number of rotatable bonds is 7. The molecule has 0 aliphatic carbocycles. The molecular formula is C14H23NO2S. The third kappa shape index (κ3) is 4.10. The van der Waals surface area contributed by atoms with Gasteiger partial charge in [-0.25, -0.2) is 0 Å². The van der Waals surface area contributed by atoms with Crippen molar-refractivity contribution in [3.63, 3.8) is 0 Å². The molecule has 1 aromatic carbocycles. The topological polar surface area (TPSA) is 41.5 Å². The number of thioether (sulfide) groups is 1. The number of nitrogens with one attached hydrogen (secondary N) is 1. The number of phenols is 1. The average molecular weight is 269 g/mol. The van der Waals surface area contributed by atoms with Crippen LogP contribution in [0.1, 0.15) is 31.9 Å². The lowest BCUT2D eigenvalue weighted by molar-refractivity contribution is 0.401. The summed E-state index contributed by atoms with van der Waals surface area (Å²) in [5.41, 5.74) is 0.912. The van der Waals surface area contributed by atoms with Crippen molar-refractivity contribution < 1.29 is 9.84 Å². The molecule has 102 valence electrons. The maximum absolute atomic E-state index is 9.98. The highest BCUT2D eigenvalue weighted by Crippen LogP contribution is 2.28. The van der Waals surface area contributed by atoms with Crippen molar-refractivity contribution in [2.75, 3.05) is 19.1 Å². The van der Waals surface area contributed by atoms with Crippen LogP contribution in [-0.2, 0) is 0 Å². The van der Waals surface area contributed by atoms with Crippen LogP contribution in [0.5, 0.6) is 11.5 Å². The van der Waals surface area contributed by atoms with Gasteiger partial charge in [0.25, 0.3) is 0 Å². The summed E-state index contributed by atoms with van der Waals surface area (Å²) in [6.45, 7) is 4.25. The van der Waals surface area contributed by atoms with Gasteiger partial charge in [0, 0.05) is 29.5 Å². The van der Waals surface area contributed by atoms with Crippen LogP contribution >= 0.6 is 11.8 Å². The largest absolute Gasteiger partial charge is 0.507 e. The van der Waals surface area contributed by atoms with E-state index in [1.165, 1.54) is 0 Å². The lowest BCUT2D eigenvalue weighted by Gasteiger charge is -2.22. The minimum atomic E-state index is 0.132. The summed E-state index contributed by atoms with van der Waals surface area (Å²) in [5.74, 6) is 2.05. The van der Waals surface area contributed by atoms with Crippen LogP contribution in [0, 0.1) is 0 Å². The first-order chi connectivity index (χ1) is 8.62. The van der Waals surface area contributed by atoms with Gasteiger partial charge in [-0.1, -0.05) is 13.0 Å². The van der Waals surface area contributed by atoms with E-state index in [1.54, 1.807) is 13.2 Å². The number of hydrogen-bond donors (Lipinski definition) is 2. The highest BCUT2D eigenvalue weighted by Gasteiger charge is 2.14. The molecule has 0 fully saturated rings. The van der Waals surface area contributed by atoms with E-state index in [0.29, 0.717) is 11.8 Å². The number of benzene rings is 1. The fourth-order valence-corrected chi connectivity index (χ4v) is 2.68. The Labute approximate surface area is 114 Å². The van der Waals surface area contributed by atoms with Crippen LogP contribution in [0.2, 0.25) is 0 Å². The molecule has 2 unspecified atom stereocenters. The van der Waals surface area contributed by atoms with Crippen molar-refractivity contribution in [2.24, 2.45) is 0 Å². The third-order valence-electron chi connectivity index (χ3n) is 3.05. The zero-order chi connectivity index (χ0) is 13.5. The SMILES string of the molecule is CCC(CSC)NC(C)c1ccc(OC)cc1O. The van der Waals surface area contributed by atoms with Gasteiger partial charge < -0.3 is 15.2 Å². The smallest absolute Gasteiger partial charge is 0.124 e. The van der Waals surface area contributed by atoms with Gasteiger partial charge in [0.05, 0.1) is 7.11 Å². The molecule has 0 radical (unpaired) electrons. The summed E-state index contributed by atoms with van der Waals surface area (Å²) < 4.78 is 5.09. The zero-order valence-electron chi connectivity index (χ0n) is 11.6. The van der Waals surface area contributed by atoms with Crippen molar-refractivity contribution in [2.45, 2.75) is 32.4 Å². The standard InChI is InChI=1S/C14H23NO2S/c1-5-11(9-18-4)15-10(2)13-7-6-12(17-3)8-14(13)16/h6-8,10-11,15-16H,5,9H2,1-4H3. The fourth-order valence-electron chi connectivity index (χ4n) is 1.94. The average Bonchev–Trinajstić information content (AvgIpc) is 2.37. The van der Waals surface area contributed by atoms with Crippen molar-refractivity contribution in [3.05, 3.63) is 23.8 Å². The van der Waals surface area contributed by atoms with Crippen LogP contribution in [0.4, 0.5) is 0 Å². The lowest BCUT2D eigenvalue weighted by atomic mass is 10.1. The summed E-state index contributed by atoms with van der Waals surface area (Å²) in [7, 11) is 1.60. The van der Waals surface area contributed by atoms with Crippen LogP contribution < -0.4 is 10.1 Å². The van der Waals surface area contributed by atoms with Crippen molar-refractivity contribution in [3.8, 4) is 11.5 Å². The van der Waals surface area contributed by atoms with Gasteiger partial charge in [-0.05, 0) is 25.7 Å². The first kappa shape index (κ1) is 15.2. The van der Waals surface area contributed by atoms with Crippen LogP contribution in [0.15, 0.2) is 18.2 Å². The Hall–Kier alpha value is -0.870. The molecule has 0 aliphatic heterocycles. The van der Waals surface area contributed by atoms with Gasteiger partial charge >= 0.3 is 0 Å². The third-order valence-corrected chi connectivity index (χ3v) is 3.79. The lowest BCUT2D eigenvalue weighted by Crippen LogP contribution is -2.33. The molecule has 2 N–H and O–H groups in total. The van der Waals surface area contributed by atoms with Crippen molar-refractivity contribution >= 4 is 11.8 Å². The molecular weight excluding hydrogens is 246 g/mol. The Morgan fingerprint density at radius 2 is 2.17 bits per heavy atom. The summed E-state index contributed by atoms with van der Waals surface area (Å²) in [5, 5.41) is 13.5. The second-order valence-corrected chi connectivity index (χ2v) is 5.28. The molecule has 3 nitrogen and oxygen atoms in total. The molecule has 0 amide bonds. The maximum Gasteiger partial charge on any atom is 0.124 e. The van der Waals surface area contributed by atoms with E-state index in [2.05, 4.69) is 25.4 Å². The molecule has 0 aromatic heterocycles. The number of ether oxygens (including phenoxy) is 1. The molecule has 0 saturated carbocycles. The van der Waals surface area contributed by atoms with Gasteiger partial charge in [-0.3, -0.25) is 0 Å². The van der Waals surface area contributed by atoms with Gasteiger partial charge in [0.1, 0.15) is 11.5 Å². The Bertz CT molecular complexity index is 371. The minimum absolute atomic E-state index is 0.132. The Morgan fingerprint density at radius 3 is 2.67 bits per heavy atom. The Balaban J connectivity index is 2.74. The fraction of sp³-hybridized carbons (Fsp3) is 0.571. The molecule has 2 atom stereocenters. The van der Waals surface area contributed by atoms with Crippen molar-refractivity contribution in [1.29, 1.82) is 0 Å². The van der Waals surface area contributed by atoms with Gasteiger partial charge in [0.15, 0.2) is 0 Å². The van der Waals surface area contributed by atoms with Crippen LogP contribution in [0.25, 0.3) is 0 Å². The predicted molar refractivity (Wildman–Crippen MR) is 78.7 cm³/mol. The summed E-state index contributed by atoms with van der Waals surface area (Å²) in [6.07, 6.45) is 3.20. The van der Waals surface area contributed by atoms with Gasteiger partial charge in [-0.15, -0.1) is 0 Å². The van der Waals surface area contributed by atoms with E-state index in [0.717, 1.165) is 17.7 Å². The van der Waals surface area contributed by atoms with E-state index in [1.807, 2.05) is 23.9 Å². The van der Waals surface area contributed by atoms with E-state index in [9.17, 15) is 5.11 Å². The van der Waals surface area contributed by atoms with Gasteiger partial charge in [-0.2, -0.15) is 11.8 Å². The zero-order valence-corrected chi connectivity index (χ0v) is 12.4. The molecule has 4 heteroatoms. The molecule has 0 aliphatic rings. The first-order valence-electron chi connectivity index (χ1n) is 6.24. The monoisotopic (exact) mass is 269 g/mol. The number of phenolic OH excluding ortho intramolecular Hbond substituents is 1. The normalized spacial score (nSPS) is 14.2. The highest BCUT2D eigenvalue weighted by atomic mass is 32.2. The maximum atomic E-state index is 9.98. The Morgan fingerprint density at radius 1 is 1.44 bits per heavy atom. The Kier molecular flexibility index (Phi) is 6.36. The molecule has 1 rings (SSSR count). The molecule has 0 bridgehead atoms. The molecule has 1 aromatic rings. The summed E-state index contributed by atoms with van der Waals surface area (Å²) >= 11 is 1.84. The molecule has 0 spiro atoms. The summed E-state index contributed by atoms with van der Waals surface area (Å²) in [4.78, 5) is 0. The predicted octanol–water partition coefficient (Wildman–Crippen LogP) is 3.19.